The van der Waals surface area contributed by atoms with Gasteiger partial charge in [0.2, 0.25) is 0 Å². The number of aliphatic hydroxyl groups is 2. The molecule has 0 radical (unpaired) electrons. The molecule has 1 aliphatic heterocycles. The SMILES string of the molecule is CC(O)C(NN1CCC(O)C1C(=O)O)C(=O)O. The molecule has 8 heteroatoms. The van der Waals surface area contributed by atoms with Crippen LogP contribution in [0.4, 0.5) is 0 Å². The predicted octanol–water partition coefficient (Wildman–Crippen LogP) is -2.16. The highest BCUT2D eigenvalue weighted by atomic mass is 16.4. The summed E-state index contributed by atoms with van der Waals surface area (Å²) in [5, 5.41) is 37.6. The van der Waals surface area contributed by atoms with Crippen molar-refractivity contribution in [3.63, 3.8) is 0 Å². The highest BCUT2D eigenvalue weighted by Crippen LogP contribution is 2.16. The van der Waals surface area contributed by atoms with E-state index in [2.05, 4.69) is 5.43 Å². The van der Waals surface area contributed by atoms with Gasteiger partial charge in [-0.15, -0.1) is 0 Å². The Kier molecular flexibility index (Phi) is 4.40. The summed E-state index contributed by atoms with van der Waals surface area (Å²) >= 11 is 0. The number of nitrogens with one attached hydrogen (secondary N) is 1. The molecule has 1 heterocycles. The van der Waals surface area contributed by atoms with Gasteiger partial charge in [0.15, 0.2) is 0 Å². The van der Waals surface area contributed by atoms with Gasteiger partial charge in [-0.05, 0) is 13.3 Å². The zero-order valence-electron chi connectivity index (χ0n) is 9.28. The lowest BCUT2D eigenvalue weighted by atomic mass is 10.2. The predicted molar refractivity (Wildman–Crippen MR) is 55.0 cm³/mol. The second kappa shape index (κ2) is 5.41. The monoisotopic (exact) mass is 248 g/mol. The number of aliphatic hydroxyl groups excluding tert-OH is 2. The Morgan fingerprint density at radius 2 is 2.00 bits per heavy atom. The van der Waals surface area contributed by atoms with E-state index in [1.54, 1.807) is 0 Å². The molecule has 1 saturated heterocycles. The van der Waals surface area contributed by atoms with E-state index in [1.165, 1.54) is 6.92 Å². The van der Waals surface area contributed by atoms with Crippen molar-refractivity contribution in [2.75, 3.05) is 6.54 Å². The molecule has 0 amide bonds. The molecular formula is C9H16N2O6. The minimum atomic E-state index is -1.30. The number of carboxylic acid groups (broad SMARTS) is 2. The molecule has 5 N–H and O–H groups in total. The van der Waals surface area contributed by atoms with Crippen molar-refractivity contribution in [3.05, 3.63) is 0 Å². The number of rotatable bonds is 5. The molecule has 4 atom stereocenters. The van der Waals surface area contributed by atoms with Gasteiger partial charge in [-0.2, -0.15) is 0 Å². The fraction of sp³-hybridized carbons (Fsp3) is 0.778. The first kappa shape index (κ1) is 13.8. The van der Waals surface area contributed by atoms with E-state index < -0.39 is 36.2 Å². The smallest absolute Gasteiger partial charge is 0.325 e. The van der Waals surface area contributed by atoms with Gasteiger partial charge in [0.05, 0.1) is 12.2 Å². The molecule has 0 aromatic heterocycles. The fourth-order valence-electron chi connectivity index (χ4n) is 1.77. The van der Waals surface area contributed by atoms with Crippen molar-refractivity contribution in [2.45, 2.75) is 37.6 Å². The molecule has 17 heavy (non-hydrogen) atoms. The van der Waals surface area contributed by atoms with Crippen LogP contribution in [-0.2, 0) is 9.59 Å². The second-order valence-corrected chi connectivity index (χ2v) is 4.02. The van der Waals surface area contributed by atoms with E-state index in [4.69, 9.17) is 10.2 Å². The Balaban J connectivity index is 2.73. The average Bonchev–Trinajstić information content (AvgIpc) is 2.54. The summed E-state index contributed by atoms with van der Waals surface area (Å²) in [6.45, 7) is 1.49. The fourth-order valence-corrected chi connectivity index (χ4v) is 1.77. The Morgan fingerprint density at radius 1 is 1.41 bits per heavy atom. The Labute approximate surface area is 97.4 Å². The van der Waals surface area contributed by atoms with Crippen LogP contribution in [0.25, 0.3) is 0 Å². The first-order valence-corrected chi connectivity index (χ1v) is 5.19. The van der Waals surface area contributed by atoms with E-state index in [0.717, 1.165) is 5.01 Å². The van der Waals surface area contributed by atoms with Crippen molar-refractivity contribution in [2.24, 2.45) is 0 Å². The third-order valence-corrected chi connectivity index (χ3v) is 2.67. The molecule has 0 saturated carbocycles. The van der Waals surface area contributed by atoms with Gasteiger partial charge < -0.3 is 20.4 Å². The molecule has 0 aliphatic carbocycles. The Bertz CT molecular complexity index is 308. The van der Waals surface area contributed by atoms with Gasteiger partial charge in [-0.3, -0.25) is 9.59 Å². The van der Waals surface area contributed by atoms with Crippen LogP contribution < -0.4 is 5.43 Å². The topological polar surface area (TPSA) is 130 Å². The molecule has 4 unspecified atom stereocenters. The third kappa shape index (κ3) is 3.13. The van der Waals surface area contributed by atoms with Crippen LogP contribution in [0.2, 0.25) is 0 Å². The van der Waals surface area contributed by atoms with Gasteiger partial charge in [0.1, 0.15) is 12.1 Å². The lowest BCUT2D eigenvalue weighted by molar-refractivity contribution is -0.152. The lowest BCUT2D eigenvalue weighted by Crippen LogP contribution is -2.57. The van der Waals surface area contributed by atoms with Crippen LogP contribution in [0.5, 0.6) is 0 Å². The molecule has 0 spiro atoms. The average molecular weight is 248 g/mol. The maximum atomic E-state index is 10.9. The zero-order chi connectivity index (χ0) is 13.2. The standard InChI is InChI=1S/C9H16N2O6/c1-4(12)6(8(14)15)10-11-3-2-5(13)7(11)9(16)17/h4-7,10,12-13H,2-3H2,1H3,(H,14,15)(H,16,17). The second-order valence-electron chi connectivity index (χ2n) is 4.02. The van der Waals surface area contributed by atoms with Crippen LogP contribution in [0.3, 0.4) is 0 Å². The summed E-state index contributed by atoms with van der Waals surface area (Å²) < 4.78 is 0. The maximum absolute atomic E-state index is 10.9. The van der Waals surface area contributed by atoms with Crippen LogP contribution in [-0.4, -0.2) is 68.2 Å². The highest BCUT2D eigenvalue weighted by Gasteiger charge is 2.40. The normalized spacial score (nSPS) is 28.9. The number of carboxylic acids is 2. The van der Waals surface area contributed by atoms with E-state index in [9.17, 15) is 19.8 Å². The van der Waals surface area contributed by atoms with Gasteiger partial charge in [0, 0.05) is 6.54 Å². The quantitative estimate of drug-likeness (QED) is 0.372. The van der Waals surface area contributed by atoms with Gasteiger partial charge in [-0.1, -0.05) is 0 Å². The number of aliphatic carboxylic acids is 2. The highest BCUT2D eigenvalue weighted by molar-refractivity contribution is 5.76. The van der Waals surface area contributed by atoms with Crippen molar-refractivity contribution >= 4 is 11.9 Å². The molecule has 0 aromatic carbocycles. The summed E-state index contributed by atoms with van der Waals surface area (Å²) in [4.78, 5) is 21.7. The summed E-state index contributed by atoms with van der Waals surface area (Å²) in [7, 11) is 0. The van der Waals surface area contributed by atoms with E-state index >= 15 is 0 Å². The summed E-state index contributed by atoms with van der Waals surface area (Å²) in [5.74, 6) is -2.53. The number of hydrogen-bond acceptors (Lipinski definition) is 6. The lowest BCUT2D eigenvalue weighted by Gasteiger charge is -2.28. The molecule has 8 nitrogen and oxygen atoms in total. The van der Waals surface area contributed by atoms with E-state index in [0.29, 0.717) is 0 Å². The minimum absolute atomic E-state index is 0.203. The number of carbonyl (C=O) groups is 2. The zero-order valence-corrected chi connectivity index (χ0v) is 9.28. The third-order valence-electron chi connectivity index (χ3n) is 2.67. The largest absolute Gasteiger partial charge is 0.480 e. The summed E-state index contributed by atoms with van der Waals surface area (Å²) in [6, 6.07) is -2.50. The van der Waals surface area contributed by atoms with Crippen molar-refractivity contribution in [1.29, 1.82) is 0 Å². The molecule has 0 bridgehead atoms. The Morgan fingerprint density at radius 3 is 2.41 bits per heavy atom. The van der Waals surface area contributed by atoms with Gasteiger partial charge in [0.25, 0.3) is 0 Å². The van der Waals surface area contributed by atoms with Crippen LogP contribution in [0.15, 0.2) is 0 Å². The molecule has 1 aliphatic rings. The first-order chi connectivity index (χ1) is 7.84. The van der Waals surface area contributed by atoms with Gasteiger partial charge in [-0.25, -0.2) is 10.4 Å². The van der Waals surface area contributed by atoms with E-state index in [1.807, 2.05) is 0 Å². The molecule has 1 rings (SSSR count). The Hall–Kier alpha value is -1.22. The van der Waals surface area contributed by atoms with Crippen molar-refractivity contribution in [3.8, 4) is 0 Å². The van der Waals surface area contributed by atoms with Crippen LogP contribution in [0.1, 0.15) is 13.3 Å². The van der Waals surface area contributed by atoms with E-state index in [-0.39, 0.29) is 13.0 Å². The van der Waals surface area contributed by atoms with Crippen molar-refractivity contribution < 1.29 is 30.0 Å². The minimum Gasteiger partial charge on any atom is -0.480 e. The molecular weight excluding hydrogens is 232 g/mol. The summed E-state index contributed by atoms with van der Waals surface area (Å²) in [6.07, 6.45) is -2.00. The van der Waals surface area contributed by atoms with Crippen LogP contribution >= 0.6 is 0 Å². The van der Waals surface area contributed by atoms with Crippen LogP contribution in [0, 0.1) is 0 Å². The molecule has 0 aromatic rings. The van der Waals surface area contributed by atoms with Crippen molar-refractivity contribution in [1.82, 2.24) is 10.4 Å². The molecule has 98 valence electrons. The summed E-state index contributed by atoms with van der Waals surface area (Å²) in [5.41, 5.74) is 2.42. The number of nitrogens with zero attached hydrogens (tertiary/aromatic N) is 1. The van der Waals surface area contributed by atoms with Gasteiger partial charge >= 0.3 is 11.9 Å². The molecule has 1 fully saturated rings. The number of hydrazine groups is 1. The first-order valence-electron chi connectivity index (χ1n) is 5.19. The maximum Gasteiger partial charge on any atom is 0.325 e. The number of hydrogen-bond donors (Lipinski definition) is 5.